The summed E-state index contributed by atoms with van der Waals surface area (Å²) >= 11 is 0. The van der Waals surface area contributed by atoms with Crippen LogP contribution in [0.25, 0.3) is 0 Å². The molecule has 3 nitrogen and oxygen atoms in total. The van der Waals surface area contributed by atoms with Crippen LogP contribution in [-0.2, 0) is 4.74 Å². The van der Waals surface area contributed by atoms with Crippen LogP contribution >= 0.6 is 0 Å². The van der Waals surface area contributed by atoms with Crippen LogP contribution in [0.15, 0.2) is 0 Å². The lowest BCUT2D eigenvalue weighted by molar-refractivity contribution is 0.0548. The molecule has 0 aromatic carbocycles. The summed E-state index contributed by atoms with van der Waals surface area (Å²) in [6.07, 6.45) is 3.24. The van der Waals surface area contributed by atoms with Gasteiger partial charge in [0, 0.05) is 19.1 Å². The number of nitrogens with one attached hydrogen (secondary N) is 1. The summed E-state index contributed by atoms with van der Waals surface area (Å²) in [5.74, 6) is 0. The third kappa shape index (κ3) is 3.09. The molecule has 0 saturated carbocycles. The highest BCUT2D eigenvalue weighted by molar-refractivity contribution is 4.74. The average molecular weight is 172 g/mol. The fourth-order valence-electron chi connectivity index (χ4n) is 1.45. The minimum atomic E-state index is 0.407. The lowest BCUT2D eigenvalue weighted by Crippen LogP contribution is -2.38. The zero-order chi connectivity index (χ0) is 8.97. The first-order valence-corrected chi connectivity index (χ1v) is 4.81. The van der Waals surface area contributed by atoms with Gasteiger partial charge < -0.3 is 15.8 Å². The molecule has 3 unspecified atom stereocenters. The van der Waals surface area contributed by atoms with Crippen molar-refractivity contribution in [2.24, 2.45) is 5.73 Å². The van der Waals surface area contributed by atoms with E-state index in [0.29, 0.717) is 24.8 Å². The van der Waals surface area contributed by atoms with E-state index < -0.39 is 0 Å². The first kappa shape index (κ1) is 9.96. The largest absolute Gasteiger partial charge is 0.374 e. The Morgan fingerprint density at radius 1 is 1.58 bits per heavy atom. The highest BCUT2D eigenvalue weighted by Crippen LogP contribution is 2.18. The summed E-state index contributed by atoms with van der Waals surface area (Å²) in [5, 5.41) is 3.34. The van der Waals surface area contributed by atoms with Crippen molar-refractivity contribution in [2.45, 2.75) is 44.9 Å². The lowest BCUT2D eigenvalue weighted by Gasteiger charge is -2.15. The molecule has 0 aromatic rings. The Hall–Kier alpha value is -0.120. The highest BCUT2D eigenvalue weighted by atomic mass is 16.5. The summed E-state index contributed by atoms with van der Waals surface area (Å²) in [4.78, 5) is 0. The normalized spacial score (nSPS) is 32.2. The summed E-state index contributed by atoms with van der Waals surface area (Å²) in [7, 11) is 0. The molecule has 1 rings (SSSR count). The van der Waals surface area contributed by atoms with Crippen LogP contribution in [0.3, 0.4) is 0 Å². The molecule has 1 saturated heterocycles. The van der Waals surface area contributed by atoms with E-state index in [0.717, 1.165) is 6.54 Å². The molecule has 0 amide bonds. The van der Waals surface area contributed by atoms with E-state index in [9.17, 15) is 0 Å². The van der Waals surface area contributed by atoms with E-state index in [-0.39, 0.29) is 0 Å². The van der Waals surface area contributed by atoms with Crippen molar-refractivity contribution in [3.63, 3.8) is 0 Å². The van der Waals surface area contributed by atoms with Crippen molar-refractivity contribution < 1.29 is 4.74 Å². The molecule has 12 heavy (non-hydrogen) atoms. The molecule has 0 aliphatic carbocycles. The Bertz CT molecular complexity index is 130. The van der Waals surface area contributed by atoms with E-state index >= 15 is 0 Å². The summed E-state index contributed by atoms with van der Waals surface area (Å²) in [6.45, 7) is 5.87. The Labute approximate surface area is 74.7 Å². The molecule has 0 spiro atoms. The molecule has 1 aliphatic rings. The van der Waals surface area contributed by atoms with Gasteiger partial charge in [-0.3, -0.25) is 0 Å². The first-order valence-electron chi connectivity index (χ1n) is 4.81. The van der Waals surface area contributed by atoms with Gasteiger partial charge in [0.2, 0.25) is 0 Å². The van der Waals surface area contributed by atoms with Crippen molar-refractivity contribution in [2.75, 3.05) is 13.1 Å². The van der Waals surface area contributed by atoms with E-state index in [2.05, 4.69) is 19.2 Å². The van der Waals surface area contributed by atoms with Gasteiger partial charge in [-0.1, -0.05) is 0 Å². The highest BCUT2D eigenvalue weighted by Gasteiger charge is 2.21. The van der Waals surface area contributed by atoms with Crippen LogP contribution in [0, 0.1) is 0 Å². The van der Waals surface area contributed by atoms with Crippen LogP contribution in [0.5, 0.6) is 0 Å². The molecule has 3 N–H and O–H groups in total. The van der Waals surface area contributed by atoms with Crippen LogP contribution in [0.2, 0.25) is 0 Å². The Morgan fingerprint density at radius 3 is 2.83 bits per heavy atom. The number of hydrogen-bond donors (Lipinski definition) is 2. The number of rotatable bonds is 4. The molecule has 0 aromatic heterocycles. The Kier molecular flexibility index (Phi) is 3.98. The van der Waals surface area contributed by atoms with Gasteiger partial charge in [-0.2, -0.15) is 0 Å². The maximum Gasteiger partial charge on any atom is 0.0704 e. The predicted octanol–water partition coefficient (Wildman–Crippen LogP) is 0.491. The molecular weight excluding hydrogens is 152 g/mol. The van der Waals surface area contributed by atoms with Crippen molar-refractivity contribution in [1.82, 2.24) is 5.32 Å². The Morgan fingerprint density at radius 2 is 2.33 bits per heavy atom. The van der Waals surface area contributed by atoms with Gasteiger partial charge in [-0.05, 0) is 26.7 Å². The van der Waals surface area contributed by atoms with E-state index in [1.165, 1.54) is 12.8 Å². The summed E-state index contributed by atoms with van der Waals surface area (Å²) in [6, 6.07) is 0.407. The monoisotopic (exact) mass is 172 g/mol. The number of hydrogen-bond acceptors (Lipinski definition) is 3. The molecule has 0 bridgehead atoms. The molecule has 72 valence electrons. The van der Waals surface area contributed by atoms with E-state index in [4.69, 9.17) is 10.5 Å². The maximum atomic E-state index is 5.65. The molecule has 1 fully saturated rings. The van der Waals surface area contributed by atoms with Crippen LogP contribution in [-0.4, -0.2) is 31.3 Å². The van der Waals surface area contributed by atoms with Gasteiger partial charge in [0.25, 0.3) is 0 Å². The van der Waals surface area contributed by atoms with Crippen molar-refractivity contribution >= 4 is 0 Å². The van der Waals surface area contributed by atoms with Crippen molar-refractivity contribution in [3.8, 4) is 0 Å². The zero-order valence-corrected chi connectivity index (χ0v) is 8.05. The second-order valence-electron chi connectivity index (χ2n) is 3.69. The Balaban J connectivity index is 2.07. The van der Waals surface area contributed by atoms with Gasteiger partial charge in [-0.25, -0.2) is 0 Å². The van der Waals surface area contributed by atoms with Crippen molar-refractivity contribution in [1.29, 1.82) is 0 Å². The fourth-order valence-corrected chi connectivity index (χ4v) is 1.45. The van der Waals surface area contributed by atoms with Gasteiger partial charge in [0.1, 0.15) is 0 Å². The molecule has 3 heteroatoms. The van der Waals surface area contributed by atoms with E-state index in [1.54, 1.807) is 0 Å². The van der Waals surface area contributed by atoms with Gasteiger partial charge in [0.15, 0.2) is 0 Å². The molecule has 1 aliphatic heterocycles. The van der Waals surface area contributed by atoms with Crippen molar-refractivity contribution in [3.05, 3.63) is 0 Å². The quantitative estimate of drug-likeness (QED) is 0.649. The lowest BCUT2D eigenvalue weighted by atomic mass is 10.2. The van der Waals surface area contributed by atoms with Gasteiger partial charge >= 0.3 is 0 Å². The third-order valence-corrected chi connectivity index (χ3v) is 2.37. The predicted molar refractivity (Wildman–Crippen MR) is 50.1 cm³/mol. The summed E-state index contributed by atoms with van der Waals surface area (Å²) < 4.78 is 5.65. The topological polar surface area (TPSA) is 47.3 Å². The fraction of sp³-hybridized carbons (Fsp3) is 1.00. The standard InChI is InChI=1S/C9H20N2O/c1-7(5-10)11-6-9-4-3-8(2)12-9/h7-9,11H,3-6,10H2,1-2H3. The van der Waals surface area contributed by atoms with Gasteiger partial charge in [0.05, 0.1) is 12.2 Å². The van der Waals surface area contributed by atoms with Gasteiger partial charge in [-0.15, -0.1) is 0 Å². The average Bonchev–Trinajstić information content (AvgIpc) is 2.47. The summed E-state index contributed by atoms with van der Waals surface area (Å²) in [5.41, 5.74) is 5.48. The first-order chi connectivity index (χ1) is 5.72. The minimum absolute atomic E-state index is 0.407. The molecular formula is C9H20N2O. The minimum Gasteiger partial charge on any atom is -0.374 e. The molecule has 3 atom stereocenters. The third-order valence-electron chi connectivity index (χ3n) is 2.37. The molecule has 0 radical (unpaired) electrons. The number of nitrogens with two attached hydrogens (primary N) is 1. The smallest absolute Gasteiger partial charge is 0.0704 e. The second-order valence-corrected chi connectivity index (χ2v) is 3.69. The SMILES string of the molecule is CC(CN)NCC1CCC(C)O1. The van der Waals surface area contributed by atoms with E-state index in [1.807, 2.05) is 0 Å². The van der Waals surface area contributed by atoms with Crippen LogP contribution < -0.4 is 11.1 Å². The van der Waals surface area contributed by atoms with Crippen LogP contribution in [0.1, 0.15) is 26.7 Å². The second kappa shape index (κ2) is 4.80. The molecule has 1 heterocycles. The zero-order valence-electron chi connectivity index (χ0n) is 8.05. The van der Waals surface area contributed by atoms with Crippen LogP contribution in [0.4, 0.5) is 0 Å². The maximum absolute atomic E-state index is 5.65. The number of ether oxygens (including phenoxy) is 1.